The van der Waals surface area contributed by atoms with Gasteiger partial charge >= 0.3 is 0 Å². The van der Waals surface area contributed by atoms with E-state index < -0.39 is 0 Å². The number of allylic oxidation sites excluding steroid dienone is 1. The zero-order valence-electron chi connectivity index (χ0n) is 11.3. The van der Waals surface area contributed by atoms with E-state index in [0.29, 0.717) is 5.57 Å². The van der Waals surface area contributed by atoms with Crippen LogP contribution in [0.15, 0.2) is 66.9 Å². The molecule has 0 amide bonds. The van der Waals surface area contributed by atoms with Crippen LogP contribution in [0.1, 0.15) is 11.3 Å². The first-order valence-electron chi connectivity index (χ1n) is 6.64. The average molecular weight is 271 g/mol. The second-order valence-corrected chi connectivity index (χ2v) is 4.59. The Hall–Kier alpha value is -3.12. The Kier molecular flexibility index (Phi) is 3.62. The summed E-state index contributed by atoms with van der Waals surface area (Å²) in [5, 5.41) is 9.31. The van der Waals surface area contributed by atoms with Crippen molar-refractivity contribution in [3.8, 4) is 17.5 Å². The van der Waals surface area contributed by atoms with Gasteiger partial charge in [0.25, 0.3) is 0 Å². The Labute approximate surface area is 123 Å². The lowest BCUT2D eigenvalue weighted by atomic mass is 10.1. The van der Waals surface area contributed by atoms with E-state index in [2.05, 4.69) is 16.0 Å². The number of nitrogens with zero attached hydrogens (tertiary/aromatic N) is 2. The van der Waals surface area contributed by atoms with Crippen LogP contribution in [0.2, 0.25) is 0 Å². The Morgan fingerprint density at radius 2 is 1.67 bits per heavy atom. The zero-order chi connectivity index (χ0) is 14.5. The van der Waals surface area contributed by atoms with Gasteiger partial charge in [-0.15, -0.1) is 0 Å². The molecule has 3 aromatic rings. The highest BCUT2D eigenvalue weighted by Gasteiger charge is 2.04. The molecule has 1 heterocycles. The molecule has 21 heavy (non-hydrogen) atoms. The molecule has 0 saturated heterocycles. The van der Waals surface area contributed by atoms with E-state index in [0.717, 1.165) is 22.6 Å². The SMILES string of the molecule is N#C/C(=C\c1cnc(-c2ccccc2)[nH]1)c1ccccc1. The predicted molar refractivity (Wildman–Crippen MR) is 83.9 cm³/mol. The van der Waals surface area contributed by atoms with E-state index in [1.54, 1.807) is 6.20 Å². The minimum absolute atomic E-state index is 0.610. The molecule has 3 heteroatoms. The highest BCUT2D eigenvalue weighted by atomic mass is 14.9. The van der Waals surface area contributed by atoms with E-state index in [1.165, 1.54) is 0 Å². The third kappa shape index (κ3) is 2.90. The van der Waals surface area contributed by atoms with Crippen molar-refractivity contribution < 1.29 is 0 Å². The van der Waals surface area contributed by atoms with Crippen LogP contribution in [0, 0.1) is 11.3 Å². The van der Waals surface area contributed by atoms with E-state index >= 15 is 0 Å². The molecule has 0 unspecified atom stereocenters. The van der Waals surface area contributed by atoms with Crippen molar-refractivity contribution in [2.45, 2.75) is 0 Å². The molecule has 1 N–H and O–H groups in total. The minimum atomic E-state index is 0.610. The fourth-order valence-corrected chi connectivity index (χ4v) is 2.10. The van der Waals surface area contributed by atoms with Gasteiger partial charge in [0, 0.05) is 5.56 Å². The number of imidazole rings is 1. The molecule has 0 atom stereocenters. The van der Waals surface area contributed by atoms with Crippen molar-refractivity contribution in [1.82, 2.24) is 9.97 Å². The normalized spacial score (nSPS) is 11.1. The number of hydrogen-bond acceptors (Lipinski definition) is 2. The van der Waals surface area contributed by atoms with E-state index in [-0.39, 0.29) is 0 Å². The highest BCUT2D eigenvalue weighted by molar-refractivity contribution is 5.89. The van der Waals surface area contributed by atoms with Crippen LogP contribution >= 0.6 is 0 Å². The summed E-state index contributed by atoms with van der Waals surface area (Å²) < 4.78 is 0. The number of H-pyrrole nitrogens is 1. The first-order chi connectivity index (χ1) is 10.4. The molecule has 3 rings (SSSR count). The topological polar surface area (TPSA) is 52.5 Å². The molecule has 1 aromatic heterocycles. The van der Waals surface area contributed by atoms with Gasteiger partial charge in [0.15, 0.2) is 0 Å². The first kappa shape index (κ1) is 12.9. The average Bonchev–Trinajstić information content (AvgIpc) is 3.03. The Morgan fingerprint density at radius 1 is 1.00 bits per heavy atom. The molecule has 2 aromatic carbocycles. The summed E-state index contributed by atoms with van der Waals surface area (Å²) in [5.74, 6) is 0.798. The van der Waals surface area contributed by atoms with Crippen LogP contribution in [0.25, 0.3) is 23.0 Å². The van der Waals surface area contributed by atoms with Crippen LogP contribution < -0.4 is 0 Å². The van der Waals surface area contributed by atoms with Crippen molar-refractivity contribution in [2.75, 3.05) is 0 Å². The van der Waals surface area contributed by atoms with Crippen molar-refractivity contribution >= 4 is 11.6 Å². The predicted octanol–water partition coefficient (Wildman–Crippen LogP) is 4.14. The van der Waals surface area contributed by atoms with Gasteiger partial charge in [0.05, 0.1) is 23.5 Å². The lowest BCUT2D eigenvalue weighted by molar-refractivity contribution is 1.30. The van der Waals surface area contributed by atoms with Gasteiger partial charge in [-0.3, -0.25) is 0 Å². The summed E-state index contributed by atoms with van der Waals surface area (Å²) in [6.07, 6.45) is 3.55. The third-order valence-electron chi connectivity index (χ3n) is 3.15. The maximum atomic E-state index is 9.31. The zero-order valence-corrected chi connectivity index (χ0v) is 11.3. The number of hydrogen-bond donors (Lipinski definition) is 1. The monoisotopic (exact) mass is 271 g/mol. The highest BCUT2D eigenvalue weighted by Crippen LogP contribution is 2.19. The third-order valence-corrected chi connectivity index (χ3v) is 3.15. The van der Waals surface area contributed by atoms with Crippen molar-refractivity contribution in [2.24, 2.45) is 0 Å². The molecule has 0 fully saturated rings. The van der Waals surface area contributed by atoms with Crippen LogP contribution in [0.3, 0.4) is 0 Å². The number of aromatic nitrogens is 2. The summed E-state index contributed by atoms with van der Waals surface area (Å²) >= 11 is 0. The van der Waals surface area contributed by atoms with Crippen molar-refractivity contribution in [3.63, 3.8) is 0 Å². The summed E-state index contributed by atoms with van der Waals surface area (Å²) in [5.41, 5.74) is 3.35. The van der Waals surface area contributed by atoms with Gasteiger partial charge in [-0.05, 0) is 11.6 Å². The maximum Gasteiger partial charge on any atom is 0.137 e. The molecule has 100 valence electrons. The molecule has 0 saturated carbocycles. The summed E-state index contributed by atoms with van der Waals surface area (Å²) in [7, 11) is 0. The smallest absolute Gasteiger partial charge is 0.137 e. The summed E-state index contributed by atoms with van der Waals surface area (Å²) in [6.45, 7) is 0. The Morgan fingerprint density at radius 3 is 2.33 bits per heavy atom. The second kappa shape index (κ2) is 5.89. The molecule has 3 nitrogen and oxygen atoms in total. The van der Waals surface area contributed by atoms with Crippen molar-refractivity contribution in [3.05, 3.63) is 78.1 Å². The van der Waals surface area contributed by atoms with Crippen molar-refractivity contribution in [1.29, 1.82) is 5.26 Å². The van der Waals surface area contributed by atoms with Crippen LogP contribution in [-0.2, 0) is 0 Å². The van der Waals surface area contributed by atoms with E-state index in [4.69, 9.17) is 0 Å². The van der Waals surface area contributed by atoms with Gasteiger partial charge in [-0.1, -0.05) is 60.7 Å². The first-order valence-corrected chi connectivity index (χ1v) is 6.64. The fraction of sp³-hybridized carbons (Fsp3) is 0. The molecular weight excluding hydrogens is 258 g/mol. The number of nitrogens with one attached hydrogen (secondary N) is 1. The number of nitriles is 1. The maximum absolute atomic E-state index is 9.31. The molecule has 0 radical (unpaired) electrons. The number of benzene rings is 2. The molecule has 0 bridgehead atoms. The Balaban J connectivity index is 1.93. The van der Waals surface area contributed by atoms with Crippen LogP contribution in [0.5, 0.6) is 0 Å². The van der Waals surface area contributed by atoms with E-state index in [1.807, 2.05) is 66.7 Å². The van der Waals surface area contributed by atoms with Gasteiger partial charge in [0.2, 0.25) is 0 Å². The molecule has 0 spiro atoms. The van der Waals surface area contributed by atoms with Crippen LogP contribution in [-0.4, -0.2) is 9.97 Å². The summed E-state index contributed by atoms with van der Waals surface area (Å²) in [6, 6.07) is 21.7. The molecule has 0 aliphatic rings. The van der Waals surface area contributed by atoms with Gasteiger partial charge in [-0.25, -0.2) is 4.98 Å². The molecular formula is C18H13N3. The largest absolute Gasteiger partial charge is 0.338 e. The molecule has 0 aliphatic carbocycles. The lowest BCUT2D eigenvalue weighted by Gasteiger charge is -1.97. The minimum Gasteiger partial charge on any atom is -0.338 e. The van der Waals surface area contributed by atoms with Gasteiger partial charge in [-0.2, -0.15) is 5.26 Å². The fourth-order valence-electron chi connectivity index (χ4n) is 2.10. The summed E-state index contributed by atoms with van der Waals surface area (Å²) in [4.78, 5) is 7.58. The second-order valence-electron chi connectivity index (χ2n) is 4.59. The van der Waals surface area contributed by atoms with E-state index in [9.17, 15) is 5.26 Å². The van der Waals surface area contributed by atoms with Gasteiger partial charge < -0.3 is 4.98 Å². The quantitative estimate of drug-likeness (QED) is 0.728. The number of aromatic amines is 1. The Bertz CT molecular complexity index is 793. The molecule has 0 aliphatic heterocycles. The van der Waals surface area contributed by atoms with Gasteiger partial charge in [0.1, 0.15) is 5.82 Å². The lowest BCUT2D eigenvalue weighted by Crippen LogP contribution is -1.82. The number of rotatable bonds is 3. The standard InChI is InChI=1S/C18H13N3/c19-12-16(14-7-3-1-4-8-14)11-17-13-20-18(21-17)15-9-5-2-6-10-15/h1-11,13H,(H,20,21)/b16-11+. The van der Waals surface area contributed by atoms with Crippen LogP contribution in [0.4, 0.5) is 0 Å².